The monoisotopic (exact) mass is 427 g/mol. The van der Waals surface area contributed by atoms with Crippen LogP contribution in [0.15, 0.2) is 78.9 Å². The molecule has 0 saturated heterocycles. The third-order valence-electron chi connectivity index (χ3n) is 5.72. The molecule has 4 aromatic rings. The lowest BCUT2D eigenvalue weighted by Crippen LogP contribution is -2.10. The Labute approximate surface area is 187 Å². The number of carbonyl (C=O) groups is 1. The average molecular weight is 428 g/mol. The standard InChI is InChI=1S/C28H26FNO2/c1-2-22(31)13-14-23(32)17-19-12-15-27-21(16-19)18-25(24-10-6-7-11-26(24)29)28(30-27)20-8-4-3-5-9-20/h3-12,15-16,18,22,31H,2,13-14,17H2,1H3/t22-/m0/s1. The van der Waals surface area contributed by atoms with Crippen LogP contribution in [0.3, 0.4) is 0 Å². The number of rotatable bonds is 8. The molecule has 4 heteroatoms. The zero-order valence-electron chi connectivity index (χ0n) is 18.1. The van der Waals surface area contributed by atoms with E-state index in [1.807, 2.05) is 67.6 Å². The number of hydrogen-bond acceptors (Lipinski definition) is 3. The van der Waals surface area contributed by atoms with Crippen molar-refractivity contribution < 1.29 is 14.3 Å². The molecule has 0 radical (unpaired) electrons. The lowest BCUT2D eigenvalue weighted by molar-refractivity contribution is -0.119. The van der Waals surface area contributed by atoms with Crippen LogP contribution in [0.25, 0.3) is 33.3 Å². The molecule has 4 rings (SSSR count). The first kappa shape index (κ1) is 21.8. The molecule has 0 aliphatic rings. The first-order valence-electron chi connectivity index (χ1n) is 11.0. The Bertz CT molecular complexity index is 1240. The first-order chi connectivity index (χ1) is 15.5. The Morgan fingerprint density at radius 2 is 1.72 bits per heavy atom. The summed E-state index contributed by atoms with van der Waals surface area (Å²) in [7, 11) is 0. The number of pyridine rings is 1. The predicted octanol–water partition coefficient (Wildman–Crippen LogP) is 6.37. The number of aromatic nitrogens is 1. The molecule has 1 atom stereocenters. The highest BCUT2D eigenvalue weighted by atomic mass is 19.1. The third-order valence-corrected chi connectivity index (χ3v) is 5.72. The van der Waals surface area contributed by atoms with E-state index in [1.165, 1.54) is 6.07 Å². The van der Waals surface area contributed by atoms with E-state index in [4.69, 9.17) is 4.98 Å². The summed E-state index contributed by atoms with van der Waals surface area (Å²) >= 11 is 0. The molecule has 32 heavy (non-hydrogen) atoms. The van der Waals surface area contributed by atoms with E-state index in [-0.39, 0.29) is 11.6 Å². The van der Waals surface area contributed by atoms with Crippen LogP contribution in [0.1, 0.15) is 31.7 Å². The Balaban J connectivity index is 1.74. The molecule has 0 amide bonds. The van der Waals surface area contributed by atoms with Gasteiger partial charge in [0.15, 0.2) is 0 Å². The zero-order valence-corrected chi connectivity index (χ0v) is 18.1. The second-order valence-electron chi connectivity index (χ2n) is 8.07. The lowest BCUT2D eigenvalue weighted by Gasteiger charge is -2.13. The summed E-state index contributed by atoms with van der Waals surface area (Å²) in [6.07, 6.45) is 1.37. The highest BCUT2D eigenvalue weighted by molar-refractivity contribution is 5.92. The number of hydrogen-bond donors (Lipinski definition) is 1. The molecular formula is C28H26FNO2. The van der Waals surface area contributed by atoms with Gasteiger partial charge >= 0.3 is 0 Å². The maximum Gasteiger partial charge on any atom is 0.137 e. The van der Waals surface area contributed by atoms with Crippen molar-refractivity contribution >= 4 is 16.7 Å². The summed E-state index contributed by atoms with van der Waals surface area (Å²) in [6, 6.07) is 24.2. The van der Waals surface area contributed by atoms with Gasteiger partial charge in [-0.1, -0.05) is 61.5 Å². The summed E-state index contributed by atoms with van der Waals surface area (Å²) in [6.45, 7) is 1.91. The van der Waals surface area contributed by atoms with E-state index in [1.54, 1.807) is 12.1 Å². The Morgan fingerprint density at radius 3 is 2.47 bits per heavy atom. The minimum absolute atomic E-state index is 0.0973. The van der Waals surface area contributed by atoms with Crippen molar-refractivity contribution in [1.82, 2.24) is 4.98 Å². The number of Topliss-reactive ketones (excluding diaryl/α,β-unsaturated/α-hetero) is 1. The number of aliphatic hydroxyl groups excluding tert-OH is 1. The molecule has 162 valence electrons. The summed E-state index contributed by atoms with van der Waals surface area (Å²) in [5.41, 5.74) is 4.54. The van der Waals surface area contributed by atoms with Crippen LogP contribution in [0.5, 0.6) is 0 Å². The van der Waals surface area contributed by atoms with E-state index < -0.39 is 6.10 Å². The van der Waals surface area contributed by atoms with Crippen LogP contribution >= 0.6 is 0 Å². The minimum Gasteiger partial charge on any atom is -0.393 e. The maximum absolute atomic E-state index is 14.7. The average Bonchev–Trinajstić information content (AvgIpc) is 2.82. The Morgan fingerprint density at radius 1 is 0.969 bits per heavy atom. The second kappa shape index (κ2) is 9.84. The van der Waals surface area contributed by atoms with E-state index in [0.717, 1.165) is 33.3 Å². The molecule has 3 aromatic carbocycles. The summed E-state index contributed by atoms with van der Waals surface area (Å²) < 4.78 is 14.7. The zero-order chi connectivity index (χ0) is 22.5. The topological polar surface area (TPSA) is 50.2 Å². The van der Waals surface area contributed by atoms with Crippen LogP contribution in [0.2, 0.25) is 0 Å². The van der Waals surface area contributed by atoms with Crippen LogP contribution in [0.4, 0.5) is 4.39 Å². The largest absolute Gasteiger partial charge is 0.393 e. The van der Waals surface area contributed by atoms with Crippen LogP contribution < -0.4 is 0 Å². The van der Waals surface area contributed by atoms with Crippen molar-refractivity contribution in [2.45, 2.75) is 38.7 Å². The normalized spacial score (nSPS) is 12.1. The number of carbonyl (C=O) groups excluding carboxylic acids is 1. The van der Waals surface area contributed by atoms with Gasteiger partial charge in [0, 0.05) is 34.9 Å². The predicted molar refractivity (Wildman–Crippen MR) is 127 cm³/mol. The number of halogens is 1. The smallest absolute Gasteiger partial charge is 0.137 e. The van der Waals surface area contributed by atoms with Crippen LogP contribution in [0, 0.1) is 5.82 Å². The molecule has 3 nitrogen and oxygen atoms in total. The fourth-order valence-electron chi connectivity index (χ4n) is 3.88. The van der Waals surface area contributed by atoms with Gasteiger partial charge in [0.05, 0.1) is 17.3 Å². The van der Waals surface area contributed by atoms with Crippen LogP contribution in [-0.2, 0) is 11.2 Å². The quantitative estimate of drug-likeness (QED) is 0.355. The fourth-order valence-corrected chi connectivity index (χ4v) is 3.88. The van der Waals surface area contributed by atoms with Gasteiger partial charge in [0.1, 0.15) is 11.6 Å². The summed E-state index contributed by atoms with van der Waals surface area (Å²) in [5.74, 6) is -0.202. The molecule has 1 heterocycles. The first-order valence-corrected chi connectivity index (χ1v) is 11.0. The highest BCUT2D eigenvalue weighted by Gasteiger charge is 2.15. The molecule has 1 aromatic heterocycles. The molecule has 0 bridgehead atoms. The van der Waals surface area contributed by atoms with Gasteiger partial charge in [-0.2, -0.15) is 0 Å². The van der Waals surface area contributed by atoms with Gasteiger partial charge < -0.3 is 5.11 Å². The van der Waals surface area contributed by atoms with E-state index >= 15 is 0 Å². The molecule has 1 N–H and O–H groups in total. The minimum atomic E-state index is -0.431. The van der Waals surface area contributed by atoms with E-state index in [9.17, 15) is 14.3 Å². The SMILES string of the molecule is CC[C@H](O)CCC(=O)Cc1ccc2nc(-c3ccccc3)c(-c3ccccc3F)cc2c1. The number of nitrogens with zero attached hydrogens (tertiary/aromatic N) is 1. The number of ketones is 1. The molecule has 0 spiro atoms. The molecule has 0 unspecified atom stereocenters. The van der Waals surface area contributed by atoms with Crippen molar-refractivity contribution in [2.75, 3.05) is 0 Å². The number of aliphatic hydroxyl groups is 1. The van der Waals surface area contributed by atoms with E-state index in [2.05, 4.69) is 0 Å². The molecule has 0 aliphatic heterocycles. The van der Waals surface area contributed by atoms with Crippen molar-refractivity contribution in [2.24, 2.45) is 0 Å². The fraction of sp³-hybridized carbons (Fsp3) is 0.214. The van der Waals surface area contributed by atoms with Crippen molar-refractivity contribution in [3.8, 4) is 22.4 Å². The highest BCUT2D eigenvalue weighted by Crippen LogP contribution is 2.35. The van der Waals surface area contributed by atoms with Crippen molar-refractivity contribution in [1.29, 1.82) is 0 Å². The van der Waals surface area contributed by atoms with Gasteiger partial charge in [-0.15, -0.1) is 0 Å². The molecule has 0 fully saturated rings. The van der Waals surface area contributed by atoms with Gasteiger partial charge in [0.25, 0.3) is 0 Å². The molecule has 0 saturated carbocycles. The molecular weight excluding hydrogens is 401 g/mol. The Hall–Kier alpha value is -3.37. The second-order valence-corrected chi connectivity index (χ2v) is 8.07. The number of benzene rings is 3. The lowest BCUT2D eigenvalue weighted by atomic mass is 9.95. The van der Waals surface area contributed by atoms with Gasteiger partial charge in [-0.3, -0.25) is 4.79 Å². The van der Waals surface area contributed by atoms with Crippen molar-refractivity contribution in [3.05, 3.63) is 90.2 Å². The summed E-state index contributed by atoms with van der Waals surface area (Å²) in [5, 5.41) is 10.6. The summed E-state index contributed by atoms with van der Waals surface area (Å²) in [4.78, 5) is 17.2. The van der Waals surface area contributed by atoms with Gasteiger partial charge in [-0.05, 0) is 42.7 Å². The number of fused-ring (bicyclic) bond motifs is 1. The van der Waals surface area contributed by atoms with Gasteiger partial charge in [0.2, 0.25) is 0 Å². The molecule has 0 aliphatic carbocycles. The maximum atomic E-state index is 14.7. The van der Waals surface area contributed by atoms with E-state index in [0.29, 0.717) is 31.2 Å². The van der Waals surface area contributed by atoms with Crippen molar-refractivity contribution in [3.63, 3.8) is 0 Å². The third kappa shape index (κ3) is 4.92. The van der Waals surface area contributed by atoms with Gasteiger partial charge in [-0.25, -0.2) is 9.37 Å². The Kier molecular flexibility index (Phi) is 6.72. The van der Waals surface area contributed by atoms with Crippen LogP contribution in [-0.4, -0.2) is 22.0 Å².